The summed E-state index contributed by atoms with van der Waals surface area (Å²) in [6.07, 6.45) is 3.60. The van der Waals surface area contributed by atoms with Gasteiger partial charge in [-0.2, -0.15) is 0 Å². The Balaban J connectivity index is 1.88. The van der Waals surface area contributed by atoms with Gasteiger partial charge in [0.05, 0.1) is 28.6 Å². The number of hydrogen-bond acceptors (Lipinski definition) is 5. The maximum Gasteiger partial charge on any atom is 0.234 e. The van der Waals surface area contributed by atoms with E-state index in [0.29, 0.717) is 10.7 Å². The van der Waals surface area contributed by atoms with Crippen LogP contribution in [0.1, 0.15) is 13.8 Å². The topological polar surface area (TPSA) is 73.6 Å². The number of hydrogen-bond donors (Lipinski definition) is 0. The van der Waals surface area contributed by atoms with Gasteiger partial charge in [-0.25, -0.2) is 18.4 Å². The van der Waals surface area contributed by atoms with Crippen LogP contribution >= 0.6 is 0 Å². The molecule has 0 saturated heterocycles. The number of ether oxygens (including phenoxy) is 1. The Morgan fingerprint density at radius 3 is 2.24 bits per heavy atom. The van der Waals surface area contributed by atoms with Gasteiger partial charge in [0.2, 0.25) is 5.78 Å². The molecular formula is C22H21N3O3S. The van der Waals surface area contributed by atoms with Crippen LogP contribution in [0, 0.1) is 0 Å². The number of nitrogens with zero attached hydrogens (tertiary/aromatic N) is 3. The van der Waals surface area contributed by atoms with Crippen molar-refractivity contribution in [1.82, 2.24) is 14.4 Å². The summed E-state index contributed by atoms with van der Waals surface area (Å²) in [5.41, 5.74) is 3.40. The molecule has 0 bridgehead atoms. The van der Waals surface area contributed by atoms with E-state index in [1.54, 1.807) is 39.3 Å². The number of imidazole rings is 1. The maximum atomic E-state index is 12.5. The fraction of sp³-hybridized carbons (Fsp3) is 0.182. The van der Waals surface area contributed by atoms with E-state index in [-0.39, 0.29) is 0 Å². The molecule has 0 N–H and O–H groups in total. The molecule has 0 aliphatic carbocycles. The molecule has 4 aromatic rings. The van der Waals surface area contributed by atoms with Crippen LogP contribution in [0.3, 0.4) is 0 Å². The molecule has 29 heavy (non-hydrogen) atoms. The average Bonchev–Trinajstić information content (AvgIpc) is 3.13. The predicted molar refractivity (Wildman–Crippen MR) is 113 cm³/mol. The minimum Gasteiger partial charge on any atom is -0.497 e. The monoisotopic (exact) mass is 407 g/mol. The number of aromatic nitrogens is 3. The molecule has 2 heterocycles. The third kappa shape index (κ3) is 3.38. The fourth-order valence-corrected chi connectivity index (χ4v) is 4.25. The molecule has 0 spiro atoms. The Labute approximate surface area is 169 Å². The van der Waals surface area contributed by atoms with Crippen molar-refractivity contribution in [3.63, 3.8) is 0 Å². The first kappa shape index (κ1) is 19.1. The molecule has 0 amide bonds. The smallest absolute Gasteiger partial charge is 0.234 e. The highest BCUT2D eigenvalue weighted by Gasteiger charge is 2.21. The second-order valence-electron chi connectivity index (χ2n) is 6.95. The first-order chi connectivity index (χ1) is 13.9. The van der Waals surface area contributed by atoms with E-state index in [1.165, 1.54) is 0 Å². The fourth-order valence-electron chi connectivity index (χ4n) is 3.19. The third-order valence-corrected chi connectivity index (χ3v) is 7.01. The van der Waals surface area contributed by atoms with E-state index in [9.17, 15) is 8.42 Å². The molecule has 0 radical (unpaired) electrons. The number of sulfone groups is 1. The summed E-state index contributed by atoms with van der Waals surface area (Å²) in [5.74, 6) is 1.34. The van der Waals surface area contributed by atoms with Gasteiger partial charge in [0, 0.05) is 23.5 Å². The van der Waals surface area contributed by atoms with Gasteiger partial charge in [-0.15, -0.1) is 0 Å². The summed E-state index contributed by atoms with van der Waals surface area (Å²) in [7, 11) is -1.70. The second-order valence-corrected chi connectivity index (χ2v) is 9.45. The van der Waals surface area contributed by atoms with Crippen molar-refractivity contribution < 1.29 is 13.2 Å². The van der Waals surface area contributed by atoms with Gasteiger partial charge in [-0.05, 0) is 56.3 Å². The summed E-state index contributed by atoms with van der Waals surface area (Å²) in [5, 5.41) is -0.469. The van der Waals surface area contributed by atoms with Crippen LogP contribution in [-0.2, 0) is 9.84 Å². The highest BCUT2D eigenvalue weighted by atomic mass is 32.2. The number of benzene rings is 2. The van der Waals surface area contributed by atoms with Gasteiger partial charge in [-0.3, -0.25) is 4.40 Å². The van der Waals surface area contributed by atoms with Gasteiger partial charge in [0.1, 0.15) is 5.75 Å². The lowest BCUT2D eigenvalue weighted by atomic mass is 10.0. The molecule has 0 aliphatic heterocycles. The SMILES string of the molecule is COc1ccc(-c2nc3ncccn3c2-c2ccc(S(=O)(=O)C(C)C)cc2)cc1. The van der Waals surface area contributed by atoms with Crippen molar-refractivity contribution in [3.8, 4) is 28.3 Å². The number of fused-ring (bicyclic) bond motifs is 1. The number of rotatable bonds is 5. The molecule has 0 aliphatic rings. The molecular weight excluding hydrogens is 386 g/mol. The van der Waals surface area contributed by atoms with E-state index in [1.807, 2.05) is 53.1 Å². The Kier molecular flexibility index (Phi) is 4.84. The molecule has 7 heteroatoms. The average molecular weight is 407 g/mol. The molecule has 0 atom stereocenters. The van der Waals surface area contributed by atoms with E-state index < -0.39 is 15.1 Å². The summed E-state index contributed by atoms with van der Waals surface area (Å²) in [4.78, 5) is 9.38. The lowest BCUT2D eigenvalue weighted by molar-refractivity contribution is 0.415. The maximum absolute atomic E-state index is 12.5. The Morgan fingerprint density at radius 1 is 0.966 bits per heavy atom. The molecule has 2 aromatic carbocycles. The van der Waals surface area contributed by atoms with Crippen molar-refractivity contribution in [3.05, 3.63) is 67.0 Å². The summed E-state index contributed by atoms with van der Waals surface area (Å²) in [6, 6.07) is 16.4. The molecule has 0 fully saturated rings. The van der Waals surface area contributed by atoms with Crippen molar-refractivity contribution in [2.45, 2.75) is 24.0 Å². The minimum absolute atomic E-state index is 0.314. The lowest BCUT2D eigenvalue weighted by Gasteiger charge is -2.10. The Hall–Kier alpha value is -3.19. The standard InChI is InChI=1S/C22H21N3O3S/c1-15(2)29(26,27)19-11-7-17(8-12-19)21-20(16-5-9-18(28-3)10-6-16)24-22-23-13-4-14-25(21)22/h4-15H,1-3H3. The first-order valence-corrected chi connectivity index (χ1v) is 10.8. The zero-order valence-electron chi connectivity index (χ0n) is 16.4. The van der Waals surface area contributed by atoms with Crippen molar-refractivity contribution in [2.75, 3.05) is 7.11 Å². The van der Waals surface area contributed by atoms with Gasteiger partial charge >= 0.3 is 0 Å². The van der Waals surface area contributed by atoms with E-state index in [2.05, 4.69) is 4.98 Å². The van der Waals surface area contributed by atoms with E-state index in [4.69, 9.17) is 9.72 Å². The molecule has 4 rings (SSSR count). The zero-order valence-corrected chi connectivity index (χ0v) is 17.2. The van der Waals surface area contributed by atoms with Gasteiger partial charge in [0.15, 0.2) is 9.84 Å². The largest absolute Gasteiger partial charge is 0.497 e. The molecule has 0 saturated carbocycles. The predicted octanol–water partition coefficient (Wildman–Crippen LogP) is 4.25. The Bertz CT molecular complexity index is 1260. The highest BCUT2D eigenvalue weighted by Crippen LogP contribution is 2.33. The van der Waals surface area contributed by atoms with Crippen LogP contribution < -0.4 is 4.74 Å². The van der Waals surface area contributed by atoms with Crippen molar-refractivity contribution >= 4 is 15.6 Å². The molecule has 2 aromatic heterocycles. The van der Waals surface area contributed by atoms with Crippen LogP contribution in [0.4, 0.5) is 0 Å². The highest BCUT2D eigenvalue weighted by molar-refractivity contribution is 7.92. The van der Waals surface area contributed by atoms with Crippen LogP contribution in [0.5, 0.6) is 5.75 Å². The zero-order chi connectivity index (χ0) is 20.6. The lowest BCUT2D eigenvalue weighted by Crippen LogP contribution is -2.13. The van der Waals surface area contributed by atoms with Crippen molar-refractivity contribution in [1.29, 1.82) is 0 Å². The van der Waals surface area contributed by atoms with Crippen LogP contribution in [0.15, 0.2) is 71.9 Å². The number of methoxy groups -OCH3 is 1. The Morgan fingerprint density at radius 2 is 1.62 bits per heavy atom. The second kappa shape index (κ2) is 7.33. The van der Waals surface area contributed by atoms with E-state index >= 15 is 0 Å². The first-order valence-electron chi connectivity index (χ1n) is 9.23. The van der Waals surface area contributed by atoms with Crippen LogP contribution in [0.25, 0.3) is 28.3 Å². The third-order valence-electron chi connectivity index (χ3n) is 4.84. The summed E-state index contributed by atoms with van der Waals surface area (Å²) < 4.78 is 32.1. The quantitative estimate of drug-likeness (QED) is 0.494. The van der Waals surface area contributed by atoms with Crippen LogP contribution in [0.2, 0.25) is 0 Å². The normalized spacial score (nSPS) is 11.9. The summed E-state index contributed by atoms with van der Waals surface area (Å²) >= 11 is 0. The molecule has 0 unspecified atom stereocenters. The van der Waals surface area contributed by atoms with Gasteiger partial charge < -0.3 is 4.74 Å². The van der Waals surface area contributed by atoms with Crippen molar-refractivity contribution in [2.24, 2.45) is 0 Å². The van der Waals surface area contributed by atoms with Crippen LogP contribution in [-0.4, -0.2) is 35.1 Å². The molecule has 148 valence electrons. The minimum atomic E-state index is -3.32. The van der Waals surface area contributed by atoms with Gasteiger partial charge in [-0.1, -0.05) is 12.1 Å². The van der Waals surface area contributed by atoms with Gasteiger partial charge in [0.25, 0.3) is 0 Å². The van der Waals surface area contributed by atoms with E-state index in [0.717, 1.165) is 28.3 Å². The summed E-state index contributed by atoms with van der Waals surface area (Å²) in [6.45, 7) is 3.36. The molecule has 6 nitrogen and oxygen atoms in total.